The second-order valence-electron chi connectivity index (χ2n) is 6.58. The number of rotatable bonds is 6. The van der Waals surface area contributed by atoms with Gasteiger partial charge in [-0.05, 0) is 55.2 Å². The molecule has 3 saturated heterocycles. The lowest BCUT2D eigenvalue weighted by Crippen LogP contribution is -2.56. The summed E-state index contributed by atoms with van der Waals surface area (Å²) in [5.74, 6) is 1.96. The number of hydrogen-bond acceptors (Lipinski definition) is 3. The minimum absolute atomic E-state index is 0.775. The summed E-state index contributed by atoms with van der Waals surface area (Å²) in [6.45, 7) is 7.18. The summed E-state index contributed by atoms with van der Waals surface area (Å²) in [4.78, 5) is 4.08. The number of thioether (sulfide) groups is 1. The quantitative estimate of drug-likeness (QED) is 0.808. The van der Waals surface area contributed by atoms with Gasteiger partial charge in [0.1, 0.15) is 0 Å². The maximum absolute atomic E-state index is 3.68. The zero-order chi connectivity index (χ0) is 14.7. The molecule has 1 aromatic carbocycles. The molecule has 116 valence electrons. The van der Waals surface area contributed by atoms with Crippen molar-refractivity contribution in [3.63, 3.8) is 0 Å². The molecule has 3 heteroatoms. The first-order chi connectivity index (χ1) is 10.3. The van der Waals surface area contributed by atoms with Crippen molar-refractivity contribution in [2.24, 2.45) is 11.8 Å². The van der Waals surface area contributed by atoms with Crippen molar-refractivity contribution in [2.75, 3.05) is 25.9 Å². The number of hydrogen-bond donors (Lipinski definition) is 1. The lowest BCUT2D eigenvalue weighted by molar-refractivity contribution is 0.000333. The van der Waals surface area contributed by atoms with E-state index in [2.05, 4.69) is 47.7 Å². The van der Waals surface area contributed by atoms with E-state index >= 15 is 0 Å². The van der Waals surface area contributed by atoms with Crippen LogP contribution >= 0.6 is 11.8 Å². The molecule has 0 saturated carbocycles. The first kappa shape index (κ1) is 15.4. The van der Waals surface area contributed by atoms with E-state index < -0.39 is 0 Å². The fourth-order valence-corrected chi connectivity index (χ4v) is 4.46. The van der Waals surface area contributed by atoms with Gasteiger partial charge in [0, 0.05) is 30.6 Å². The molecule has 4 atom stereocenters. The van der Waals surface area contributed by atoms with Crippen molar-refractivity contribution in [2.45, 2.75) is 43.7 Å². The summed E-state index contributed by atoms with van der Waals surface area (Å²) in [7, 11) is 0. The second kappa shape index (κ2) is 7.17. The molecule has 3 aliphatic rings. The van der Waals surface area contributed by atoms with E-state index in [9.17, 15) is 0 Å². The zero-order valence-corrected chi connectivity index (χ0v) is 14.2. The van der Waals surface area contributed by atoms with Crippen molar-refractivity contribution >= 4 is 11.8 Å². The molecule has 0 amide bonds. The van der Waals surface area contributed by atoms with Crippen molar-refractivity contribution in [1.82, 2.24) is 10.2 Å². The van der Waals surface area contributed by atoms with Gasteiger partial charge in [0.2, 0.25) is 0 Å². The van der Waals surface area contributed by atoms with Gasteiger partial charge in [0.05, 0.1) is 0 Å². The maximum Gasteiger partial charge on any atom is 0.0223 e. The second-order valence-corrected chi connectivity index (χ2v) is 7.46. The summed E-state index contributed by atoms with van der Waals surface area (Å²) >= 11 is 1.81. The Bertz CT molecular complexity index is 445. The average Bonchev–Trinajstić information content (AvgIpc) is 2.56. The summed E-state index contributed by atoms with van der Waals surface area (Å²) in [6, 6.07) is 9.72. The van der Waals surface area contributed by atoms with Gasteiger partial charge in [0.25, 0.3) is 0 Å². The summed E-state index contributed by atoms with van der Waals surface area (Å²) in [5, 5.41) is 3.68. The van der Waals surface area contributed by atoms with Crippen LogP contribution in [0.1, 0.15) is 31.7 Å². The highest BCUT2D eigenvalue weighted by Crippen LogP contribution is 2.37. The molecule has 21 heavy (non-hydrogen) atoms. The molecule has 0 aromatic heterocycles. The molecular weight excluding hydrogens is 276 g/mol. The van der Waals surface area contributed by atoms with E-state index in [0.29, 0.717) is 0 Å². The molecule has 3 aliphatic heterocycles. The molecule has 0 radical (unpaired) electrons. The highest BCUT2D eigenvalue weighted by Gasteiger charge is 2.38. The minimum atomic E-state index is 0.775. The van der Waals surface area contributed by atoms with Crippen LogP contribution in [-0.4, -0.2) is 36.8 Å². The molecule has 3 fully saturated rings. The molecule has 2 bridgehead atoms. The Morgan fingerprint density at radius 3 is 2.71 bits per heavy atom. The normalized spacial score (nSPS) is 31.5. The van der Waals surface area contributed by atoms with Crippen molar-refractivity contribution < 1.29 is 0 Å². The van der Waals surface area contributed by atoms with Crippen LogP contribution in [0.5, 0.6) is 0 Å². The molecule has 0 spiro atoms. The van der Waals surface area contributed by atoms with E-state index in [0.717, 1.165) is 31.0 Å². The third-order valence-corrected chi connectivity index (χ3v) is 6.15. The van der Waals surface area contributed by atoms with Gasteiger partial charge < -0.3 is 5.32 Å². The molecule has 3 heterocycles. The van der Waals surface area contributed by atoms with Gasteiger partial charge in [-0.2, -0.15) is 0 Å². The van der Waals surface area contributed by atoms with Gasteiger partial charge in [-0.3, -0.25) is 4.90 Å². The monoisotopic (exact) mass is 304 g/mol. The highest BCUT2D eigenvalue weighted by molar-refractivity contribution is 7.98. The van der Waals surface area contributed by atoms with E-state index in [-0.39, 0.29) is 0 Å². The molecule has 0 aliphatic carbocycles. The predicted octanol–water partition coefficient (Wildman–Crippen LogP) is 3.62. The molecule has 4 rings (SSSR count). The lowest BCUT2D eigenvalue weighted by Gasteiger charge is -2.50. The van der Waals surface area contributed by atoms with Gasteiger partial charge in [-0.15, -0.1) is 11.8 Å². The number of fused-ring (bicyclic) bond motifs is 3. The zero-order valence-electron chi connectivity index (χ0n) is 13.3. The largest absolute Gasteiger partial charge is 0.311 e. The van der Waals surface area contributed by atoms with Crippen LogP contribution in [0.3, 0.4) is 0 Å². The Balaban J connectivity index is 1.45. The first-order valence-corrected chi connectivity index (χ1v) is 9.60. The molecule has 1 aromatic rings. The third kappa shape index (κ3) is 3.64. The minimum Gasteiger partial charge on any atom is -0.311 e. The van der Waals surface area contributed by atoms with Crippen molar-refractivity contribution in [3.8, 4) is 0 Å². The Morgan fingerprint density at radius 1 is 1.29 bits per heavy atom. The van der Waals surface area contributed by atoms with E-state index in [1.807, 2.05) is 11.8 Å². The average molecular weight is 305 g/mol. The van der Waals surface area contributed by atoms with Crippen molar-refractivity contribution in [3.05, 3.63) is 29.8 Å². The van der Waals surface area contributed by atoms with Crippen LogP contribution in [0.15, 0.2) is 29.2 Å². The van der Waals surface area contributed by atoms with Crippen molar-refractivity contribution in [1.29, 1.82) is 0 Å². The number of piperidine rings is 3. The fourth-order valence-electron chi connectivity index (χ4n) is 4.05. The van der Waals surface area contributed by atoms with Crippen LogP contribution in [-0.2, 0) is 6.54 Å². The number of nitrogens with zero attached hydrogens (tertiary/aromatic N) is 1. The van der Waals surface area contributed by atoms with Crippen LogP contribution < -0.4 is 5.32 Å². The third-order valence-electron chi connectivity index (χ3n) is 5.41. The lowest BCUT2D eigenvalue weighted by atomic mass is 9.74. The SMILES string of the molecule is CCC1CN2CCC1CC2CNCc1ccc(SC)cc1. The molecule has 2 nitrogen and oxygen atoms in total. The van der Waals surface area contributed by atoms with Crippen LogP contribution in [0, 0.1) is 11.8 Å². The van der Waals surface area contributed by atoms with Gasteiger partial charge in [-0.1, -0.05) is 25.5 Å². The topological polar surface area (TPSA) is 15.3 Å². The van der Waals surface area contributed by atoms with E-state index in [1.54, 1.807) is 0 Å². The van der Waals surface area contributed by atoms with E-state index in [4.69, 9.17) is 0 Å². The van der Waals surface area contributed by atoms with Crippen LogP contribution in [0.4, 0.5) is 0 Å². The van der Waals surface area contributed by atoms with Crippen LogP contribution in [0.2, 0.25) is 0 Å². The molecular formula is C18H28N2S. The Labute approximate surface area is 133 Å². The highest BCUT2D eigenvalue weighted by atomic mass is 32.2. The van der Waals surface area contributed by atoms with Crippen LogP contribution in [0.25, 0.3) is 0 Å². The Hall–Kier alpha value is -0.510. The smallest absolute Gasteiger partial charge is 0.0223 e. The standard InChI is InChI=1S/C18H28N2S/c1-3-15-13-20-9-8-16(15)10-17(20)12-19-11-14-4-6-18(21-2)7-5-14/h4-7,15-17,19H,3,8-13H2,1-2H3. The summed E-state index contributed by atoms with van der Waals surface area (Å²) in [5.41, 5.74) is 1.40. The molecule has 4 unspecified atom stereocenters. The van der Waals surface area contributed by atoms with Gasteiger partial charge in [-0.25, -0.2) is 0 Å². The summed E-state index contributed by atoms with van der Waals surface area (Å²) in [6.07, 6.45) is 6.34. The number of benzene rings is 1. The fraction of sp³-hybridized carbons (Fsp3) is 0.667. The first-order valence-electron chi connectivity index (χ1n) is 8.37. The van der Waals surface area contributed by atoms with E-state index in [1.165, 1.54) is 42.8 Å². The summed E-state index contributed by atoms with van der Waals surface area (Å²) < 4.78 is 0. The number of nitrogens with one attached hydrogen (secondary N) is 1. The predicted molar refractivity (Wildman–Crippen MR) is 91.8 cm³/mol. The van der Waals surface area contributed by atoms with Gasteiger partial charge in [0.15, 0.2) is 0 Å². The van der Waals surface area contributed by atoms with Gasteiger partial charge >= 0.3 is 0 Å². The molecule has 1 N–H and O–H groups in total. The maximum atomic E-state index is 3.68. The Kier molecular flexibility index (Phi) is 5.25. The Morgan fingerprint density at radius 2 is 2.10 bits per heavy atom.